The Hall–Kier alpha value is -3.15. The summed E-state index contributed by atoms with van der Waals surface area (Å²) in [7, 11) is 1.33. The number of rotatable bonds is 6. The Morgan fingerprint density at radius 3 is 2.00 bits per heavy atom. The minimum atomic E-state index is -0.403. The summed E-state index contributed by atoms with van der Waals surface area (Å²) in [5, 5.41) is 14.8. The van der Waals surface area contributed by atoms with Gasteiger partial charge in [-0.25, -0.2) is 10.2 Å². The van der Waals surface area contributed by atoms with Gasteiger partial charge >= 0.3 is 5.97 Å². The Morgan fingerprint density at radius 1 is 1.00 bits per heavy atom. The molecule has 0 atom stereocenters. The summed E-state index contributed by atoms with van der Waals surface area (Å²) in [6.07, 6.45) is 2.34. The van der Waals surface area contributed by atoms with Gasteiger partial charge in [0.1, 0.15) is 5.75 Å². The second-order valence-electron chi connectivity index (χ2n) is 9.95. The minimum absolute atomic E-state index is 0.199. The summed E-state index contributed by atoms with van der Waals surface area (Å²) in [6, 6.07) is 10.7. The summed E-state index contributed by atoms with van der Waals surface area (Å²) in [6.45, 7) is 12.4. The number of phenolic OH excluding ortho intramolecular Hbond substituents is 1. The van der Waals surface area contributed by atoms with Crippen molar-refractivity contribution in [2.45, 2.75) is 65.2 Å². The molecule has 0 radical (unpaired) electrons. The average Bonchev–Trinajstić information content (AvgIpc) is 2.71. The number of nitrogens with one attached hydrogen (secondary N) is 1. The van der Waals surface area contributed by atoms with Crippen molar-refractivity contribution in [3.63, 3.8) is 0 Å². The molecule has 0 heterocycles. The predicted molar refractivity (Wildman–Crippen MR) is 127 cm³/mol. The molecule has 0 unspecified atom stereocenters. The van der Waals surface area contributed by atoms with Gasteiger partial charge in [0.2, 0.25) is 5.91 Å². The van der Waals surface area contributed by atoms with Gasteiger partial charge in [-0.05, 0) is 51.6 Å². The van der Waals surface area contributed by atoms with Crippen molar-refractivity contribution in [3.05, 3.63) is 64.2 Å². The van der Waals surface area contributed by atoms with Gasteiger partial charge in [-0.15, -0.1) is 0 Å². The summed E-state index contributed by atoms with van der Waals surface area (Å²) in [5.74, 6) is -0.267. The van der Waals surface area contributed by atoms with E-state index in [1.165, 1.54) is 13.3 Å². The van der Waals surface area contributed by atoms with E-state index >= 15 is 0 Å². The van der Waals surface area contributed by atoms with Crippen LogP contribution in [-0.4, -0.2) is 30.3 Å². The molecule has 0 bridgehead atoms. The molecule has 0 spiro atoms. The lowest BCUT2D eigenvalue weighted by atomic mass is 9.78. The third-order valence-electron chi connectivity index (χ3n) is 5.16. The number of amides is 1. The maximum Gasteiger partial charge on any atom is 0.337 e. The van der Waals surface area contributed by atoms with Crippen molar-refractivity contribution in [1.29, 1.82) is 0 Å². The van der Waals surface area contributed by atoms with Gasteiger partial charge < -0.3 is 9.84 Å². The van der Waals surface area contributed by atoms with Gasteiger partial charge in [-0.2, -0.15) is 5.10 Å². The normalized spacial score (nSPS) is 12.1. The quantitative estimate of drug-likeness (QED) is 0.383. The average molecular weight is 439 g/mol. The second kappa shape index (κ2) is 9.98. The number of carbonyl (C=O) groups excluding carboxylic acids is 2. The van der Waals surface area contributed by atoms with Crippen molar-refractivity contribution in [2.24, 2.45) is 5.10 Å². The van der Waals surface area contributed by atoms with Crippen LogP contribution in [0.1, 0.15) is 80.6 Å². The van der Waals surface area contributed by atoms with Crippen LogP contribution in [0.3, 0.4) is 0 Å². The number of aryl methyl sites for hydroxylation is 1. The molecule has 0 aromatic heterocycles. The highest BCUT2D eigenvalue weighted by molar-refractivity contribution is 5.90. The summed E-state index contributed by atoms with van der Waals surface area (Å²) in [5.41, 5.74) is 6.09. The van der Waals surface area contributed by atoms with Crippen molar-refractivity contribution in [1.82, 2.24) is 5.43 Å². The van der Waals surface area contributed by atoms with Crippen molar-refractivity contribution in [3.8, 4) is 5.75 Å². The molecule has 0 saturated heterocycles. The van der Waals surface area contributed by atoms with Gasteiger partial charge in [-0.3, -0.25) is 4.79 Å². The molecule has 6 heteroatoms. The van der Waals surface area contributed by atoms with Crippen LogP contribution in [0.5, 0.6) is 5.75 Å². The van der Waals surface area contributed by atoms with E-state index in [0.717, 1.165) is 22.3 Å². The Bertz CT molecular complexity index is 959. The fourth-order valence-electron chi connectivity index (χ4n) is 3.30. The van der Waals surface area contributed by atoms with Crippen molar-refractivity contribution in [2.75, 3.05) is 7.11 Å². The zero-order valence-electron chi connectivity index (χ0n) is 20.1. The number of phenols is 1. The molecular weight excluding hydrogens is 404 g/mol. The van der Waals surface area contributed by atoms with Crippen LogP contribution < -0.4 is 5.43 Å². The number of esters is 1. The number of hydrogen-bond donors (Lipinski definition) is 2. The van der Waals surface area contributed by atoms with Crippen LogP contribution in [0.15, 0.2) is 41.5 Å². The first kappa shape index (κ1) is 25.1. The molecular formula is C26H34N2O4. The number of methoxy groups -OCH3 is 1. The zero-order chi connectivity index (χ0) is 24.1. The molecule has 0 saturated carbocycles. The van der Waals surface area contributed by atoms with Crippen LogP contribution >= 0.6 is 0 Å². The van der Waals surface area contributed by atoms with Crippen LogP contribution in [0.25, 0.3) is 0 Å². The van der Waals surface area contributed by atoms with E-state index in [-0.39, 0.29) is 23.2 Å². The molecule has 32 heavy (non-hydrogen) atoms. The van der Waals surface area contributed by atoms with Crippen LogP contribution in [0.4, 0.5) is 0 Å². The van der Waals surface area contributed by atoms with Crippen molar-refractivity contribution >= 4 is 18.1 Å². The lowest BCUT2D eigenvalue weighted by Crippen LogP contribution is -2.20. The number of nitrogens with zero attached hydrogens (tertiary/aromatic N) is 1. The largest absolute Gasteiger partial charge is 0.507 e. The summed E-state index contributed by atoms with van der Waals surface area (Å²) >= 11 is 0. The first-order chi connectivity index (χ1) is 14.8. The lowest BCUT2D eigenvalue weighted by molar-refractivity contribution is -0.121. The third kappa shape index (κ3) is 6.67. The van der Waals surface area contributed by atoms with Gasteiger partial charge in [0.15, 0.2) is 0 Å². The van der Waals surface area contributed by atoms with E-state index in [4.69, 9.17) is 0 Å². The molecule has 2 N–H and O–H groups in total. The highest BCUT2D eigenvalue weighted by Gasteiger charge is 2.26. The Kier molecular flexibility index (Phi) is 7.83. The first-order valence-electron chi connectivity index (χ1n) is 10.7. The van der Waals surface area contributed by atoms with E-state index < -0.39 is 5.97 Å². The van der Waals surface area contributed by atoms with Gasteiger partial charge in [0.05, 0.1) is 18.9 Å². The number of benzene rings is 2. The topological polar surface area (TPSA) is 88.0 Å². The number of ether oxygens (including phenoxy) is 1. The standard InChI is InChI=1S/C26H34N2O4/c1-25(2,3)20-14-18(15-21(23(20)30)26(4,5)6)10-13-22(29)28-27-16-17-8-11-19(12-9-17)24(31)32-7/h8-9,11-12,14-16,30H,10,13H2,1-7H3,(H,28,29)/b27-16-. The van der Waals surface area contributed by atoms with Gasteiger partial charge in [-0.1, -0.05) is 65.8 Å². The maximum absolute atomic E-state index is 12.3. The maximum atomic E-state index is 12.3. The summed E-state index contributed by atoms with van der Waals surface area (Å²) < 4.78 is 4.67. The monoisotopic (exact) mass is 438 g/mol. The molecule has 172 valence electrons. The fraction of sp³-hybridized carbons (Fsp3) is 0.423. The Labute approximate surface area is 190 Å². The molecule has 0 aliphatic rings. The summed E-state index contributed by atoms with van der Waals surface area (Å²) in [4.78, 5) is 23.7. The Morgan fingerprint density at radius 2 is 1.53 bits per heavy atom. The molecule has 2 aromatic rings. The number of aromatic hydroxyl groups is 1. The van der Waals surface area contributed by atoms with E-state index in [9.17, 15) is 14.7 Å². The van der Waals surface area contributed by atoms with Gasteiger partial charge in [0, 0.05) is 6.42 Å². The zero-order valence-corrected chi connectivity index (χ0v) is 20.1. The SMILES string of the molecule is COC(=O)c1ccc(/C=N\NC(=O)CCc2cc(C(C)(C)C)c(O)c(C(C)(C)C)c2)cc1. The molecule has 2 aromatic carbocycles. The van der Waals surface area contributed by atoms with E-state index in [1.807, 2.05) is 12.1 Å². The number of carbonyl (C=O) groups is 2. The van der Waals surface area contributed by atoms with Crippen LogP contribution in [0, 0.1) is 0 Å². The second-order valence-corrected chi connectivity index (χ2v) is 9.95. The molecule has 0 fully saturated rings. The number of hydrazone groups is 1. The lowest BCUT2D eigenvalue weighted by Gasteiger charge is -2.28. The molecule has 6 nitrogen and oxygen atoms in total. The Balaban J connectivity index is 2.04. The highest BCUT2D eigenvalue weighted by Crippen LogP contribution is 2.39. The van der Waals surface area contributed by atoms with E-state index in [1.54, 1.807) is 24.3 Å². The minimum Gasteiger partial charge on any atom is -0.507 e. The third-order valence-corrected chi connectivity index (χ3v) is 5.16. The molecule has 0 aliphatic heterocycles. The smallest absolute Gasteiger partial charge is 0.337 e. The predicted octanol–water partition coefficient (Wildman–Crippen LogP) is 4.86. The first-order valence-corrected chi connectivity index (χ1v) is 10.7. The van der Waals surface area contributed by atoms with E-state index in [0.29, 0.717) is 17.7 Å². The molecule has 1 amide bonds. The fourth-order valence-corrected chi connectivity index (χ4v) is 3.30. The van der Waals surface area contributed by atoms with Crippen LogP contribution in [-0.2, 0) is 26.8 Å². The van der Waals surface area contributed by atoms with Gasteiger partial charge in [0.25, 0.3) is 0 Å². The van der Waals surface area contributed by atoms with Crippen molar-refractivity contribution < 1.29 is 19.4 Å². The van der Waals surface area contributed by atoms with E-state index in [2.05, 4.69) is 56.8 Å². The highest BCUT2D eigenvalue weighted by atomic mass is 16.5. The number of hydrogen-bond acceptors (Lipinski definition) is 5. The molecule has 2 rings (SSSR count). The van der Waals surface area contributed by atoms with Crippen LogP contribution in [0.2, 0.25) is 0 Å². The molecule has 0 aliphatic carbocycles.